The van der Waals surface area contributed by atoms with Crippen LogP contribution in [-0.4, -0.2) is 17.4 Å². The van der Waals surface area contributed by atoms with Crippen LogP contribution >= 0.6 is 11.3 Å². The molecule has 0 saturated heterocycles. The number of hydrogen-bond acceptors (Lipinski definition) is 4. The fourth-order valence-corrected chi connectivity index (χ4v) is 2.23. The van der Waals surface area contributed by atoms with E-state index in [4.69, 9.17) is 5.73 Å². The van der Waals surface area contributed by atoms with Gasteiger partial charge in [0, 0.05) is 11.3 Å². The molecule has 0 unspecified atom stereocenters. The minimum Gasteiger partial charge on any atom is -0.321 e. The van der Waals surface area contributed by atoms with Crippen molar-refractivity contribution in [2.24, 2.45) is 5.73 Å². The molecular weight excluding hydrogens is 258 g/mol. The second-order valence-electron chi connectivity index (χ2n) is 3.81. The molecule has 1 aromatic carbocycles. The summed E-state index contributed by atoms with van der Waals surface area (Å²) in [6.07, 6.45) is 0. The zero-order chi connectivity index (χ0) is 13.7. The van der Waals surface area contributed by atoms with E-state index in [1.54, 1.807) is 5.51 Å². The molecule has 1 aromatic heterocycles. The van der Waals surface area contributed by atoms with Crippen molar-refractivity contribution in [1.29, 1.82) is 0 Å². The van der Waals surface area contributed by atoms with E-state index in [0.717, 1.165) is 11.3 Å². The van der Waals surface area contributed by atoms with Crippen LogP contribution in [0.3, 0.4) is 0 Å². The Morgan fingerprint density at radius 3 is 3.05 bits per heavy atom. The lowest BCUT2D eigenvalue weighted by Crippen LogP contribution is -2.11. The van der Waals surface area contributed by atoms with Gasteiger partial charge in [0.25, 0.3) is 5.91 Å². The van der Waals surface area contributed by atoms with Crippen molar-refractivity contribution in [1.82, 2.24) is 4.98 Å². The van der Waals surface area contributed by atoms with Crippen molar-refractivity contribution >= 4 is 22.9 Å². The van der Waals surface area contributed by atoms with Gasteiger partial charge in [-0.1, -0.05) is 17.9 Å². The summed E-state index contributed by atoms with van der Waals surface area (Å²) in [4.78, 5) is 16.7. The minimum atomic E-state index is -0.149. The quantitative estimate of drug-likeness (QED) is 0.821. The molecule has 2 rings (SSSR count). The molecule has 0 fully saturated rings. The number of hydrogen-bond donors (Lipinski definition) is 2. The van der Waals surface area contributed by atoms with Gasteiger partial charge < -0.3 is 11.1 Å². The lowest BCUT2D eigenvalue weighted by molar-refractivity contribution is 0.103. The number of anilines is 1. The molecule has 0 saturated carbocycles. The van der Waals surface area contributed by atoms with Crippen molar-refractivity contribution < 1.29 is 4.79 Å². The van der Waals surface area contributed by atoms with Crippen LogP contribution in [0.25, 0.3) is 0 Å². The smallest absolute Gasteiger partial charge is 0.267 e. The van der Waals surface area contributed by atoms with Crippen molar-refractivity contribution in [3.8, 4) is 11.8 Å². The Bertz CT molecular complexity index is 652. The van der Waals surface area contributed by atoms with Gasteiger partial charge in [-0.2, -0.15) is 0 Å². The summed E-state index contributed by atoms with van der Waals surface area (Å²) in [6, 6.07) is 7.35. The Hall–Kier alpha value is -2.16. The van der Waals surface area contributed by atoms with Gasteiger partial charge in [-0.05, 0) is 25.1 Å². The Kier molecular flexibility index (Phi) is 4.29. The summed E-state index contributed by atoms with van der Waals surface area (Å²) in [6.45, 7) is 2.13. The zero-order valence-corrected chi connectivity index (χ0v) is 11.3. The number of nitrogens with one attached hydrogen (secondary N) is 1. The van der Waals surface area contributed by atoms with Crippen molar-refractivity contribution in [3.63, 3.8) is 0 Å². The van der Waals surface area contributed by atoms with E-state index in [1.165, 1.54) is 11.3 Å². The highest BCUT2D eigenvalue weighted by atomic mass is 32.1. The summed E-state index contributed by atoms with van der Waals surface area (Å²) >= 11 is 1.33. The SMILES string of the molecule is Cc1ncsc1C(=O)Nc1cccc(C#CCN)c1. The largest absolute Gasteiger partial charge is 0.321 e. The molecule has 2 aromatic rings. The van der Waals surface area contributed by atoms with E-state index in [9.17, 15) is 4.79 Å². The van der Waals surface area contributed by atoms with E-state index < -0.39 is 0 Å². The molecule has 0 spiro atoms. The van der Waals surface area contributed by atoms with Crippen LogP contribution in [0.15, 0.2) is 29.8 Å². The summed E-state index contributed by atoms with van der Waals surface area (Å²) in [5, 5.41) is 2.83. The third-order valence-electron chi connectivity index (χ3n) is 2.41. The van der Waals surface area contributed by atoms with E-state index in [-0.39, 0.29) is 5.91 Å². The molecule has 0 radical (unpaired) electrons. The fraction of sp³-hybridized carbons (Fsp3) is 0.143. The molecule has 1 heterocycles. The van der Waals surface area contributed by atoms with Gasteiger partial charge in [0.1, 0.15) is 4.88 Å². The van der Waals surface area contributed by atoms with Gasteiger partial charge in [-0.15, -0.1) is 11.3 Å². The molecule has 3 N–H and O–H groups in total. The van der Waals surface area contributed by atoms with E-state index >= 15 is 0 Å². The summed E-state index contributed by atoms with van der Waals surface area (Å²) < 4.78 is 0. The standard InChI is InChI=1S/C14H13N3OS/c1-10-13(19-9-16-10)14(18)17-12-6-2-4-11(8-12)5-3-7-15/h2,4,6,8-9H,7,15H2,1H3,(H,17,18). The van der Waals surface area contributed by atoms with Gasteiger partial charge >= 0.3 is 0 Å². The molecule has 0 aliphatic carbocycles. The van der Waals surface area contributed by atoms with Crippen molar-refractivity contribution in [2.75, 3.05) is 11.9 Å². The minimum absolute atomic E-state index is 0.149. The zero-order valence-electron chi connectivity index (χ0n) is 10.4. The van der Waals surface area contributed by atoms with Gasteiger partial charge in [-0.3, -0.25) is 4.79 Å². The summed E-state index contributed by atoms with van der Waals surface area (Å²) in [7, 11) is 0. The van der Waals surface area contributed by atoms with Crippen LogP contribution in [0.2, 0.25) is 0 Å². The van der Waals surface area contributed by atoms with E-state index in [0.29, 0.717) is 17.1 Å². The van der Waals surface area contributed by atoms with Crippen LogP contribution in [-0.2, 0) is 0 Å². The predicted octanol–water partition coefficient (Wildman–Crippen LogP) is 2.01. The maximum atomic E-state index is 12.0. The average molecular weight is 271 g/mol. The highest BCUT2D eigenvalue weighted by molar-refractivity contribution is 7.12. The number of rotatable bonds is 2. The van der Waals surface area contributed by atoms with Gasteiger partial charge in [0.05, 0.1) is 17.7 Å². The monoisotopic (exact) mass is 271 g/mol. The Labute approximate surface area is 115 Å². The normalized spacial score (nSPS) is 9.58. The highest BCUT2D eigenvalue weighted by Crippen LogP contribution is 2.16. The summed E-state index contributed by atoms with van der Waals surface area (Å²) in [5.41, 5.74) is 9.26. The number of nitrogens with zero attached hydrogens (tertiary/aromatic N) is 1. The van der Waals surface area contributed by atoms with E-state index in [1.807, 2.05) is 31.2 Å². The molecule has 4 nitrogen and oxygen atoms in total. The lowest BCUT2D eigenvalue weighted by Gasteiger charge is -2.04. The van der Waals surface area contributed by atoms with Crippen LogP contribution in [0.1, 0.15) is 20.9 Å². The third kappa shape index (κ3) is 3.41. The lowest BCUT2D eigenvalue weighted by atomic mass is 10.2. The molecular formula is C14H13N3OS. The van der Waals surface area contributed by atoms with Crippen LogP contribution < -0.4 is 11.1 Å². The second kappa shape index (κ2) is 6.14. The molecule has 0 bridgehead atoms. The van der Waals surface area contributed by atoms with Crippen LogP contribution in [0, 0.1) is 18.8 Å². The molecule has 0 aliphatic heterocycles. The fourth-order valence-electron chi connectivity index (χ4n) is 1.54. The maximum absolute atomic E-state index is 12.0. The first kappa shape index (κ1) is 13.3. The Morgan fingerprint density at radius 1 is 1.53 bits per heavy atom. The maximum Gasteiger partial charge on any atom is 0.267 e. The van der Waals surface area contributed by atoms with Crippen molar-refractivity contribution in [3.05, 3.63) is 45.9 Å². The topological polar surface area (TPSA) is 68.0 Å². The summed E-state index contributed by atoms with van der Waals surface area (Å²) in [5.74, 6) is 5.56. The molecule has 1 amide bonds. The first-order chi connectivity index (χ1) is 9.20. The molecule has 96 valence electrons. The molecule has 19 heavy (non-hydrogen) atoms. The number of amides is 1. The van der Waals surface area contributed by atoms with E-state index in [2.05, 4.69) is 22.1 Å². The number of carbonyl (C=O) groups is 1. The van der Waals surface area contributed by atoms with Gasteiger partial charge in [-0.25, -0.2) is 4.98 Å². The van der Waals surface area contributed by atoms with Gasteiger partial charge in [0.2, 0.25) is 0 Å². The number of aromatic nitrogens is 1. The Morgan fingerprint density at radius 2 is 2.37 bits per heavy atom. The Balaban J connectivity index is 2.15. The third-order valence-corrected chi connectivity index (χ3v) is 3.33. The van der Waals surface area contributed by atoms with Crippen molar-refractivity contribution in [2.45, 2.75) is 6.92 Å². The van der Waals surface area contributed by atoms with Gasteiger partial charge in [0.15, 0.2) is 0 Å². The number of carbonyl (C=O) groups excluding carboxylic acids is 1. The average Bonchev–Trinajstić information content (AvgIpc) is 2.83. The predicted molar refractivity (Wildman–Crippen MR) is 77.2 cm³/mol. The second-order valence-corrected chi connectivity index (χ2v) is 4.66. The number of benzene rings is 1. The number of nitrogens with two attached hydrogens (primary N) is 1. The van der Waals surface area contributed by atoms with Crippen LogP contribution in [0.5, 0.6) is 0 Å². The molecule has 0 atom stereocenters. The number of thiazole rings is 1. The number of aryl methyl sites for hydroxylation is 1. The van der Waals surface area contributed by atoms with Crippen LogP contribution in [0.4, 0.5) is 5.69 Å². The first-order valence-electron chi connectivity index (χ1n) is 5.71. The highest BCUT2D eigenvalue weighted by Gasteiger charge is 2.11. The molecule has 5 heteroatoms. The first-order valence-corrected chi connectivity index (χ1v) is 6.59. The molecule has 0 aliphatic rings.